The molecule has 0 atom stereocenters. The molecule has 0 N–H and O–H groups in total. The van der Waals surface area contributed by atoms with E-state index in [1.54, 1.807) is 8.83 Å². The molecule has 0 fully saturated rings. The van der Waals surface area contributed by atoms with Crippen LogP contribution in [0.25, 0.3) is 0 Å². The maximum absolute atomic E-state index is 2.46. The summed E-state index contributed by atoms with van der Waals surface area (Å²) in [5.74, 6) is 0. The Bertz CT molecular complexity index is 305. The van der Waals surface area contributed by atoms with Crippen molar-refractivity contribution in [2.24, 2.45) is 0 Å². The van der Waals surface area contributed by atoms with Gasteiger partial charge in [0, 0.05) is 0 Å². The van der Waals surface area contributed by atoms with Gasteiger partial charge in [-0.15, -0.1) is 0 Å². The molecule has 0 aliphatic rings. The Morgan fingerprint density at radius 1 is 1.21 bits per heavy atom. The van der Waals surface area contributed by atoms with E-state index in [2.05, 4.69) is 53.4 Å². The van der Waals surface area contributed by atoms with Gasteiger partial charge in [0.25, 0.3) is 0 Å². The molecule has 2 heteroatoms. The zero-order valence-corrected chi connectivity index (χ0v) is 13.3. The summed E-state index contributed by atoms with van der Waals surface area (Å²) in [5.41, 5.74) is 2.94. The van der Waals surface area contributed by atoms with Crippen LogP contribution in [0, 0.1) is 6.92 Å². The number of aryl methyl sites for hydroxylation is 1. The first-order valence-electron chi connectivity index (χ1n) is 4.92. The van der Waals surface area contributed by atoms with Gasteiger partial charge in [0.05, 0.1) is 0 Å². The van der Waals surface area contributed by atoms with Crippen LogP contribution in [0.5, 0.6) is 0 Å². The summed E-state index contributed by atoms with van der Waals surface area (Å²) in [6.07, 6.45) is 0. The van der Waals surface area contributed by atoms with E-state index in [0.29, 0.717) is 0 Å². The average molecular weight is 387 g/mol. The fourth-order valence-electron chi connectivity index (χ4n) is 1.62. The molecule has 0 radical (unpaired) electrons. The molecule has 0 bridgehead atoms. The molecule has 0 unspecified atom stereocenters. The van der Waals surface area contributed by atoms with E-state index in [0.717, 1.165) is 6.54 Å². The molecule has 1 nitrogen and oxygen atoms in total. The van der Waals surface area contributed by atoms with Crippen LogP contribution < -0.4 is 3.27 Å². The molecule has 14 heavy (non-hydrogen) atoms. The third-order valence-electron chi connectivity index (χ3n) is 2.20. The van der Waals surface area contributed by atoms with Crippen LogP contribution >= 0.6 is 0 Å². The molecule has 0 heterocycles. The van der Waals surface area contributed by atoms with E-state index in [9.17, 15) is 0 Å². The van der Waals surface area contributed by atoms with Gasteiger partial charge in [-0.25, -0.2) is 0 Å². The van der Waals surface area contributed by atoms with Gasteiger partial charge in [0.15, 0.2) is 0 Å². The molecule has 0 amide bonds. The van der Waals surface area contributed by atoms with E-state index >= 15 is 0 Å². The first kappa shape index (κ1) is 12.1. The molecule has 1 aromatic carbocycles. The van der Waals surface area contributed by atoms with Gasteiger partial charge in [-0.05, 0) is 0 Å². The summed E-state index contributed by atoms with van der Waals surface area (Å²) in [4.78, 5) is 2.26. The van der Waals surface area contributed by atoms with Crippen molar-refractivity contribution in [2.75, 3.05) is 14.1 Å². The Hall–Kier alpha value is 0.0631. The molecule has 0 aromatic heterocycles. The molecule has 0 spiro atoms. The third-order valence-corrected chi connectivity index (χ3v) is 7.65. The first-order chi connectivity index (χ1) is 6.50. The summed E-state index contributed by atoms with van der Waals surface area (Å²) >= 11 is -1.28. The van der Waals surface area contributed by atoms with E-state index in [-0.39, 0.29) is 0 Å². The summed E-state index contributed by atoms with van der Waals surface area (Å²) in [6.45, 7) is 3.27. The van der Waals surface area contributed by atoms with E-state index < -0.39 is 21.8 Å². The fraction of sp³-hybridized carbons (Fsp3) is 0.500. The molecule has 0 saturated heterocycles. The van der Waals surface area contributed by atoms with Gasteiger partial charge in [0.1, 0.15) is 0 Å². The van der Waals surface area contributed by atoms with Gasteiger partial charge in [-0.1, -0.05) is 0 Å². The normalized spacial score (nSPS) is 11.4. The second kappa shape index (κ2) is 5.23. The van der Waals surface area contributed by atoms with Crippen LogP contribution in [0.15, 0.2) is 18.2 Å². The second-order valence-corrected chi connectivity index (χ2v) is 13.1. The van der Waals surface area contributed by atoms with Crippen LogP contribution in [-0.2, 0) is 6.54 Å². The van der Waals surface area contributed by atoms with Gasteiger partial charge in [-0.2, -0.15) is 0 Å². The molecule has 1 rings (SSSR count). The standard InChI is InChI=1S/C10H14N.2CH3.Bi/c1-9-5-4-6-10(7-9)8-11(2)3;;;/h4-5,7H,8H2,1-3H3;2*1H3;. The summed E-state index contributed by atoms with van der Waals surface area (Å²) in [5, 5.41) is 0. The second-order valence-electron chi connectivity index (χ2n) is 4.26. The quantitative estimate of drug-likeness (QED) is 0.718. The summed E-state index contributed by atoms with van der Waals surface area (Å²) in [7, 11) is 4.28. The SMILES string of the molecule is Cc1cc[c]([Bi]([CH3])[CH3])c(CN(C)C)c1. The monoisotopic (exact) mass is 387 g/mol. The Morgan fingerprint density at radius 3 is 2.36 bits per heavy atom. The zero-order chi connectivity index (χ0) is 10.7. The Balaban J connectivity index is 3.03. The number of benzene rings is 1. The summed E-state index contributed by atoms with van der Waals surface area (Å²) < 4.78 is 6.59. The van der Waals surface area contributed by atoms with Gasteiger partial charge < -0.3 is 0 Å². The number of hydrogen-bond acceptors (Lipinski definition) is 1. The van der Waals surface area contributed by atoms with E-state index in [1.165, 1.54) is 5.56 Å². The Morgan fingerprint density at radius 2 is 1.86 bits per heavy atom. The van der Waals surface area contributed by atoms with Crippen molar-refractivity contribution in [3.63, 3.8) is 0 Å². The zero-order valence-electron chi connectivity index (χ0n) is 9.83. The predicted molar refractivity (Wildman–Crippen MR) is 65.7 cm³/mol. The van der Waals surface area contributed by atoms with Crippen LogP contribution in [0.1, 0.15) is 11.1 Å². The van der Waals surface area contributed by atoms with Gasteiger partial charge in [0.2, 0.25) is 0 Å². The minimum absolute atomic E-state index is 1.09. The summed E-state index contributed by atoms with van der Waals surface area (Å²) in [6, 6.07) is 6.96. The van der Waals surface area contributed by atoms with Gasteiger partial charge >= 0.3 is 96.1 Å². The van der Waals surface area contributed by atoms with Crippen molar-refractivity contribution in [3.05, 3.63) is 29.3 Å². The predicted octanol–water partition coefficient (Wildman–Crippen LogP) is 2.02. The van der Waals surface area contributed by atoms with Crippen molar-refractivity contribution in [2.45, 2.75) is 22.7 Å². The molecule has 0 aliphatic heterocycles. The molecule has 0 aliphatic carbocycles. The molecule has 1 aromatic rings. The van der Waals surface area contributed by atoms with Crippen molar-refractivity contribution >= 4 is 25.0 Å². The molecule has 78 valence electrons. The van der Waals surface area contributed by atoms with Crippen LogP contribution in [0.2, 0.25) is 9.26 Å². The maximum atomic E-state index is 2.46. The van der Waals surface area contributed by atoms with Crippen molar-refractivity contribution in [1.29, 1.82) is 0 Å². The third kappa shape index (κ3) is 3.33. The van der Waals surface area contributed by atoms with Crippen molar-refractivity contribution in [1.82, 2.24) is 4.90 Å². The Labute approximate surface area is 95.8 Å². The Kier molecular flexibility index (Phi) is 4.53. The number of hydrogen-bond donors (Lipinski definition) is 0. The average Bonchev–Trinajstić information content (AvgIpc) is 2.01. The number of rotatable bonds is 3. The fourth-order valence-corrected chi connectivity index (χ4v) is 5.83. The van der Waals surface area contributed by atoms with Crippen molar-refractivity contribution in [3.8, 4) is 0 Å². The molecule has 0 saturated carbocycles. The van der Waals surface area contributed by atoms with E-state index in [4.69, 9.17) is 0 Å². The topological polar surface area (TPSA) is 3.24 Å². The number of nitrogens with zero attached hydrogens (tertiary/aromatic N) is 1. The first-order valence-corrected chi connectivity index (χ1v) is 13.6. The van der Waals surface area contributed by atoms with Gasteiger partial charge in [-0.3, -0.25) is 0 Å². The minimum atomic E-state index is -1.28. The van der Waals surface area contributed by atoms with Crippen LogP contribution in [-0.4, -0.2) is 40.7 Å². The van der Waals surface area contributed by atoms with Crippen LogP contribution in [0.4, 0.5) is 0 Å². The van der Waals surface area contributed by atoms with Crippen molar-refractivity contribution < 1.29 is 0 Å². The van der Waals surface area contributed by atoms with E-state index in [1.807, 2.05) is 0 Å². The van der Waals surface area contributed by atoms with Crippen LogP contribution in [0.3, 0.4) is 0 Å². The molecular weight excluding hydrogens is 367 g/mol. The molecular formula is C12H20BiN.